The molecule has 0 radical (unpaired) electrons. The number of hydrogen-bond donors (Lipinski definition) is 1. The summed E-state index contributed by atoms with van der Waals surface area (Å²) in [5.41, 5.74) is 2.72. The first-order chi connectivity index (χ1) is 14.1. The first kappa shape index (κ1) is 19.9. The van der Waals surface area contributed by atoms with Crippen LogP contribution in [0.4, 0.5) is 0 Å². The summed E-state index contributed by atoms with van der Waals surface area (Å²) in [5.74, 6) is 1.59. The van der Waals surface area contributed by atoms with E-state index < -0.39 is 0 Å². The van der Waals surface area contributed by atoms with Gasteiger partial charge in [-0.15, -0.1) is 11.3 Å². The third-order valence-electron chi connectivity index (χ3n) is 4.66. The summed E-state index contributed by atoms with van der Waals surface area (Å²) in [7, 11) is 0. The first-order valence-corrected chi connectivity index (χ1v) is 11.2. The lowest BCUT2D eigenvalue weighted by Crippen LogP contribution is -2.33. The molecule has 0 spiro atoms. The first-order valence-electron chi connectivity index (χ1n) is 9.52. The second-order valence-electron chi connectivity index (χ2n) is 6.69. The standard InChI is InChI=1S/C22H21BrN2O3S/c1-2-27-19-6-4-3-5-16(19)22-24-15(13-29-22)12-21(26)25-18-9-10-28-20-8-7-14(23)11-17(18)20/h3-8,11,13,18H,2,9-10,12H2,1H3,(H,25,26). The molecule has 1 N–H and O–H groups in total. The Bertz CT molecular complexity index is 1020. The third kappa shape index (κ3) is 4.62. The molecular weight excluding hydrogens is 452 g/mol. The van der Waals surface area contributed by atoms with Crippen molar-refractivity contribution >= 4 is 33.2 Å². The summed E-state index contributed by atoms with van der Waals surface area (Å²) in [5, 5.41) is 5.93. The van der Waals surface area contributed by atoms with E-state index in [9.17, 15) is 4.79 Å². The molecule has 150 valence electrons. The fourth-order valence-electron chi connectivity index (χ4n) is 3.36. The SMILES string of the molecule is CCOc1ccccc1-c1nc(CC(=O)NC2CCOc3ccc(Br)cc32)cs1. The van der Waals surface area contributed by atoms with Gasteiger partial charge in [0.1, 0.15) is 16.5 Å². The number of thiazole rings is 1. The number of hydrogen-bond acceptors (Lipinski definition) is 5. The number of nitrogens with zero attached hydrogens (tertiary/aromatic N) is 1. The summed E-state index contributed by atoms with van der Waals surface area (Å²) in [6.45, 7) is 3.15. The van der Waals surface area contributed by atoms with Gasteiger partial charge in [-0.2, -0.15) is 0 Å². The predicted octanol–water partition coefficient (Wildman–Crippen LogP) is 5.15. The molecule has 1 aliphatic heterocycles. The molecule has 0 bridgehead atoms. The zero-order chi connectivity index (χ0) is 20.2. The van der Waals surface area contributed by atoms with Crippen molar-refractivity contribution in [1.82, 2.24) is 10.3 Å². The van der Waals surface area contributed by atoms with Crippen molar-refractivity contribution in [3.8, 4) is 22.1 Å². The van der Waals surface area contributed by atoms with Gasteiger partial charge in [-0.3, -0.25) is 4.79 Å². The number of carbonyl (C=O) groups is 1. The van der Waals surface area contributed by atoms with Gasteiger partial charge in [-0.25, -0.2) is 4.98 Å². The van der Waals surface area contributed by atoms with Crippen LogP contribution >= 0.6 is 27.3 Å². The number of halogens is 1. The van der Waals surface area contributed by atoms with E-state index in [2.05, 4.69) is 26.2 Å². The topological polar surface area (TPSA) is 60.5 Å². The molecule has 0 saturated heterocycles. The Hall–Kier alpha value is -2.38. The zero-order valence-corrected chi connectivity index (χ0v) is 18.4. The van der Waals surface area contributed by atoms with Crippen molar-refractivity contribution in [3.05, 3.63) is 63.6 Å². The highest BCUT2D eigenvalue weighted by Gasteiger charge is 2.23. The maximum absolute atomic E-state index is 12.7. The Kier molecular flexibility index (Phi) is 6.16. The van der Waals surface area contributed by atoms with Gasteiger partial charge in [0.2, 0.25) is 5.91 Å². The van der Waals surface area contributed by atoms with E-state index in [0.29, 0.717) is 13.2 Å². The van der Waals surface area contributed by atoms with Crippen LogP contribution in [0.25, 0.3) is 10.6 Å². The lowest BCUT2D eigenvalue weighted by molar-refractivity contribution is -0.121. The summed E-state index contributed by atoms with van der Waals surface area (Å²) >= 11 is 5.02. The molecular formula is C22H21BrN2O3S. The minimum atomic E-state index is -0.0551. The van der Waals surface area contributed by atoms with Crippen LogP contribution in [-0.2, 0) is 11.2 Å². The van der Waals surface area contributed by atoms with Gasteiger partial charge in [0.25, 0.3) is 0 Å². The summed E-state index contributed by atoms with van der Waals surface area (Å²) in [6, 6.07) is 13.7. The molecule has 5 nitrogen and oxygen atoms in total. The largest absolute Gasteiger partial charge is 0.493 e. The van der Waals surface area contributed by atoms with Gasteiger partial charge >= 0.3 is 0 Å². The molecule has 3 aromatic rings. The number of benzene rings is 2. The summed E-state index contributed by atoms with van der Waals surface area (Å²) in [6.07, 6.45) is 0.993. The molecule has 1 atom stereocenters. The average molecular weight is 473 g/mol. The van der Waals surface area contributed by atoms with Crippen molar-refractivity contribution in [3.63, 3.8) is 0 Å². The normalized spacial score (nSPS) is 15.3. The third-order valence-corrected chi connectivity index (χ3v) is 6.07. The number of fused-ring (bicyclic) bond motifs is 1. The molecule has 1 aliphatic rings. The summed E-state index contributed by atoms with van der Waals surface area (Å²) < 4.78 is 12.4. The maximum Gasteiger partial charge on any atom is 0.226 e. The van der Waals surface area contributed by atoms with Crippen molar-refractivity contribution in [2.75, 3.05) is 13.2 Å². The summed E-state index contributed by atoms with van der Waals surface area (Å²) in [4.78, 5) is 17.3. The van der Waals surface area contributed by atoms with Gasteiger partial charge in [-0.1, -0.05) is 28.1 Å². The number of ether oxygens (including phenoxy) is 2. The molecule has 0 fully saturated rings. The number of para-hydroxylation sites is 1. The van der Waals surface area contributed by atoms with E-state index in [1.54, 1.807) is 0 Å². The van der Waals surface area contributed by atoms with E-state index in [-0.39, 0.29) is 18.4 Å². The average Bonchev–Trinajstić information content (AvgIpc) is 3.17. The van der Waals surface area contributed by atoms with E-state index in [4.69, 9.17) is 9.47 Å². The monoisotopic (exact) mass is 472 g/mol. The molecule has 2 heterocycles. The minimum absolute atomic E-state index is 0.0437. The second kappa shape index (κ2) is 8.97. The van der Waals surface area contributed by atoms with Crippen LogP contribution in [0.15, 0.2) is 52.3 Å². The second-order valence-corrected chi connectivity index (χ2v) is 8.46. The van der Waals surface area contributed by atoms with Crippen molar-refractivity contribution in [2.45, 2.75) is 25.8 Å². The van der Waals surface area contributed by atoms with Gasteiger partial charge in [0.05, 0.1) is 36.9 Å². The number of rotatable bonds is 6. The number of amides is 1. The van der Waals surface area contributed by atoms with Crippen LogP contribution < -0.4 is 14.8 Å². The highest BCUT2D eigenvalue weighted by molar-refractivity contribution is 9.10. The number of aromatic nitrogens is 1. The van der Waals surface area contributed by atoms with Gasteiger partial charge in [0, 0.05) is 21.8 Å². The van der Waals surface area contributed by atoms with Crippen LogP contribution in [-0.4, -0.2) is 24.1 Å². The Morgan fingerprint density at radius 1 is 1.34 bits per heavy atom. The van der Waals surface area contributed by atoms with Crippen LogP contribution in [0.2, 0.25) is 0 Å². The highest BCUT2D eigenvalue weighted by Crippen LogP contribution is 2.35. The fraction of sp³-hybridized carbons (Fsp3) is 0.273. The quantitative estimate of drug-likeness (QED) is 0.538. The van der Waals surface area contributed by atoms with Crippen LogP contribution in [0, 0.1) is 0 Å². The molecule has 4 rings (SSSR count). The molecule has 7 heteroatoms. The Morgan fingerprint density at radius 3 is 3.07 bits per heavy atom. The number of nitrogens with one attached hydrogen (secondary N) is 1. The van der Waals surface area contributed by atoms with Gasteiger partial charge in [-0.05, 0) is 37.3 Å². The van der Waals surface area contributed by atoms with Gasteiger partial charge in [0.15, 0.2) is 0 Å². The molecule has 0 aliphatic carbocycles. The van der Waals surface area contributed by atoms with Crippen LogP contribution in [0.3, 0.4) is 0 Å². The lowest BCUT2D eigenvalue weighted by atomic mass is 10.0. The Morgan fingerprint density at radius 2 is 2.21 bits per heavy atom. The minimum Gasteiger partial charge on any atom is -0.493 e. The zero-order valence-electron chi connectivity index (χ0n) is 16.0. The molecule has 2 aromatic carbocycles. The molecule has 1 amide bonds. The van der Waals surface area contributed by atoms with Gasteiger partial charge < -0.3 is 14.8 Å². The van der Waals surface area contributed by atoms with Crippen molar-refractivity contribution < 1.29 is 14.3 Å². The Labute approximate surface area is 182 Å². The van der Waals surface area contributed by atoms with E-state index in [1.807, 2.05) is 54.8 Å². The Balaban J connectivity index is 1.45. The smallest absolute Gasteiger partial charge is 0.226 e. The van der Waals surface area contributed by atoms with Crippen molar-refractivity contribution in [1.29, 1.82) is 0 Å². The van der Waals surface area contributed by atoms with E-state index >= 15 is 0 Å². The van der Waals surface area contributed by atoms with Crippen LogP contribution in [0.5, 0.6) is 11.5 Å². The highest BCUT2D eigenvalue weighted by atomic mass is 79.9. The molecule has 0 saturated carbocycles. The lowest BCUT2D eigenvalue weighted by Gasteiger charge is -2.26. The molecule has 1 unspecified atom stereocenters. The molecule has 1 aromatic heterocycles. The van der Waals surface area contributed by atoms with Crippen LogP contribution in [0.1, 0.15) is 30.6 Å². The van der Waals surface area contributed by atoms with E-state index in [1.165, 1.54) is 11.3 Å². The predicted molar refractivity (Wildman–Crippen MR) is 118 cm³/mol. The maximum atomic E-state index is 12.7. The van der Waals surface area contributed by atoms with Crippen molar-refractivity contribution in [2.24, 2.45) is 0 Å². The number of carbonyl (C=O) groups excluding carboxylic acids is 1. The fourth-order valence-corrected chi connectivity index (χ4v) is 4.59. The molecule has 29 heavy (non-hydrogen) atoms. The van der Waals surface area contributed by atoms with E-state index in [0.717, 1.165) is 44.2 Å².